The number of halogens is 3. The number of aliphatic carboxylic acids is 1. The highest BCUT2D eigenvalue weighted by Crippen LogP contribution is 2.34. The van der Waals surface area contributed by atoms with Gasteiger partial charge in [-0.3, -0.25) is 4.98 Å². The fourth-order valence-corrected chi connectivity index (χ4v) is 4.81. The van der Waals surface area contributed by atoms with Gasteiger partial charge in [-0.15, -0.1) is 0 Å². The number of ether oxygens (including phenoxy) is 2. The standard InChI is InChI=1S/C14H20N2O4S.C2HF3O2/c1-2-19-14-12-5-6-13(14)20-9-8-16(12)21(17,18)11-4-3-7-15-10-11;3-2(4,5)1(6)7/h3-4,7,10,12-14H,2,5-6,8-9H2,1H3;(H,6,7). The third-order valence-corrected chi connectivity index (χ3v) is 6.26. The number of carbonyl (C=O) groups is 1. The van der Waals surface area contributed by atoms with Crippen molar-refractivity contribution < 1.29 is 41.0 Å². The molecule has 12 heteroatoms. The van der Waals surface area contributed by atoms with Crippen LogP contribution in [0, 0.1) is 0 Å². The number of rotatable bonds is 4. The van der Waals surface area contributed by atoms with Crippen LogP contribution in [0.5, 0.6) is 0 Å². The minimum atomic E-state index is -5.08. The first-order chi connectivity index (χ1) is 13.1. The number of carboxylic acids is 1. The summed E-state index contributed by atoms with van der Waals surface area (Å²) in [5, 5.41) is 7.12. The highest BCUT2D eigenvalue weighted by Gasteiger charge is 2.47. The average Bonchev–Trinajstić information content (AvgIpc) is 2.90. The maximum absolute atomic E-state index is 12.9. The van der Waals surface area contributed by atoms with E-state index in [1.807, 2.05) is 6.92 Å². The van der Waals surface area contributed by atoms with Crippen LogP contribution in [0.15, 0.2) is 29.4 Å². The van der Waals surface area contributed by atoms with Crippen molar-refractivity contribution in [1.29, 1.82) is 0 Å². The first-order valence-corrected chi connectivity index (χ1v) is 9.98. The van der Waals surface area contributed by atoms with Crippen LogP contribution in [0.4, 0.5) is 13.2 Å². The van der Waals surface area contributed by atoms with Crippen molar-refractivity contribution in [1.82, 2.24) is 9.29 Å². The Hall–Kier alpha value is -1.76. The number of sulfonamides is 1. The van der Waals surface area contributed by atoms with Crippen molar-refractivity contribution in [2.24, 2.45) is 0 Å². The molecule has 2 fully saturated rings. The highest BCUT2D eigenvalue weighted by molar-refractivity contribution is 7.89. The van der Waals surface area contributed by atoms with Gasteiger partial charge in [0.1, 0.15) is 11.0 Å². The van der Waals surface area contributed by atoms with Crippen LogP contribution in [0.25, 0.3) is 0 Å². The summed E-state index contributed by atoms with van der Waals surface area (Å²) < 4.78 is 70.5. The van der Waals surface area contributed by atoms with Crippen LogP contribution in [0.2, 0.25) is 0 Å². The first kappa shape index (κ1) is 22.5. The molecular weight excluding hydrogens is 405 g/mol. The molecule has 1 aromatic rings. The maximum Gasteiger partial charge on any atom is 0.490 e. The Bertz CT molecular complexity index is 759. The van der Waals surface area contributed by atoms with E-state index in [1.54, 1.807) is 18.3 Å². The zero-order chi connectivity index (χ0) is 20.9. The normalized spacial score (nSPS) is 25.5. The Balaban J connectivity index is 0.000000345. The van der Waals surface area contributed by atoms with Crippen molar-refractivity contribution in [3.63, 3.8) is 0 Å². The second-order valence-corrected chi connectivity index (χ2v) is 7.97. The van der Waals surface area contributed by atoms with E-state index >= 15 is 0 Å². The number of alkyl halides is 3. The minimum Gasteiger partial charge on any atom is -0.475 e. The van der Waals surface area contributed by atoms with Gasteiger partial charge in [0.15, 0.2) is 0 Å². The second-order valence-electron chi connectivity index (χ2n) is 6.08. The van der Waals surface area contributed by atoms with Crippen molar-refractivity contribution in [3.05, 3.63) is 24.5 Å². The largest absolute Gasteiger partial charge is 0.490 e. The molecule has 3 unspecified atom stereocenters. The Morgan fingerprint density at radius 2 is 2.11 bits per heavy atom. The SMILES string of the molecule is CCOC1C2CCC1N(S(=O)(=O)c1cccnc1)CCO2.O=C(O)C(F)(F)F. The first-order valence-electron chi connectivity index (χ1n) is 8.54. The monoisotopic (exact) mass is 426 g/mol. The van der Waals surface area contributed by atoms with E-state index in [9.17, 15) is 21.6 Å². The number of pyridine rings is 1. The van der Waals surface area contributed by atoms with Crippen LogP contribution in [-0.2, 0) is 24.3 Å². The molecule has 2 heterocycles. The number of hydrogen-bond donors (Lipinski definition) is 1. The third-order valence-electron chi connectivity index (χ3n) is 4.35. The topological polar surface area (TPSA) is 106 Å². The quantitative estimate of drug-likeness (QED) is 0.781. The lowest BCUT2D eigenvalue weighted by Crippen LogP contribution is -2.46. The molecule has 0 spiro atoms. The molecule has 1 N–H and O–H groups in total. The second kappa shape index (κ2) is 9.16. The van der Waals surface area contributed by atoms with E-state index in [4.69, 9.17) is 19.4 Å². The molecule has 1 saturated heterocycles. The molecule has 0 aromatic carbocycles. The van der Waals surface area contributed by atoms with Crippen molar-refractivity contribution in [2.45, 2.75) is 49.1 Å². The van der Waals surface area contributed by atoms with E-state index in [1.165, 1.54) is 10.5 Å². The van der Waals surface area contributed by atoms with E-state index in [0.29, 0.717) is 19.8 Å². The summed E-state index contributed by atoms with van der Waals surface area (Å²) in [6.07, 6.45) is -0.682. The fourth-order valence-electron chi connectivity index (χ4n) is 3.20. The van der Waals surface area contributed by atoms with Gasteiger partial charge in [0.25, 0.3) is 0 Å². The van der Waals surface area contributed by atoms with E-state index in [0.717, 1.165) is 12.8 Å². The zero-order valence-corrected chi connectivity index (χ0v) is 15.8. The number of fused-ring (bicyclic) bond motifs is 2. The lowest BCUT2D eigenvalue weighted by molar-refractivity contribution is -0.192. The fraction of sp³-hybridized carbons (Fsp3) is 0.625. The number of nitrogens with zero attached hydrogens (tertiary/aromatic N) is 2. The van der Waals surface area contributed by atoms with E-state index in [2.05, 4.69) is 4.98 Å². The lowest BCUT2D eigenvalue weighted by atomic mass is 10.2. The smallest absolute Gasteiger partial charge is 0.475 e. The Kier molecular flexibility index (Phi) is 7.37. The van der Waals surface area contributed by atoms with Gasteiger partial charge in [0.2, 0.25) is 10.0 Å². The molecule has 1 aliphatic carbocycles. The van der Waals surface area contributed by atoms with Gasteiger partial charge in [-0.05, 0) is 31.9 Å². The number of hydrogen-bond acceptors (Lipinski definition) is 6. The number of carboxylic acid groups (broad SMARTS) is 1. The van der Waals surface area contributed by atoms with Crippen molar-refractivity contribution in [3.8, 4) is 0 Å². The molecule has 158 valence electrons. The molecule has 8 nitrogen and oxygen atoms in total. The van der Waals surface area contributed by atoms with Gasteiger partial charge < -0.3 is 14.6 Å². The highest BCUT2D eigenvalue weighted by atomic mass is 32.2. The van der Waals surface area contributed by atoms with Crippen LogP contribution >= 0.6 is 0 Å². The van der Waals surface area contributed by atoms with E-state index < -0.39 is 22.2 Å². The molecule has 0 radical (unpaired) electrons. The number of aromatic nitrogens is 1. The summed E-state index contributed by atoms with van der Waals surface area (Å²) in [7, 11) is -3.56. The van der Waals surface area contributed by atoms with Gasteiger partial charge in [0.05, 0.1) is 18.8 Å². The summed E-state index contributed by atoms with van der Waals surface area (Å²) >= 11 is 0. The van der Waals surface area contributed by atoms with Gasteiger partial charge in [0, 0.05) is 25.5 Å². The van der Waals surface area contributed by atoms with Crippen LogP contribution in [-0.4, -0.2) is 73.0 Å². The third kappa shape index (κ3) is 5.19. The molecule has 3 rings (SSSR count). The molecule has 28 heavy (non-hydrogen) atoms. The molecule has 2 aliphatic rings. The summed E-state index contributed by atoms with van der Waals surface area (Å²) in [5.74, 6) is -2.76. The summed E-state index contributed by atoms with van der Waals surface area (Å²) in [5.41, 5.74) is 0. The Morgan fingerprint density at radius 1 is 1.43 bits per heavy atom. The van der Waals surface area contributed by atoms with Crippen LogP contribution in [0.3, 0.4) is 0 Å². The molecule has 0 amide bonds. The predicted octanol–water partition coefficient (Wildman–Crippen LogP) is 1.67. The maximum atomic E-state index is 12.9. The summed E-state index contributed by atoms with van der Waals surface area (Å²) in [4.78, 5) is 13.0. The van der Waals surface area contributed by atoms with Crippen LogP contribution in [0.1, 0.15) is 19.8 Å². The lowest BCUT2D eigenvalue weighted by Gasteiger charge is -2.30. The van der Waals surface area contributed by atoms with Gasteiger partial charge >= 0.3 is 12.1 Å². The molecule has 1 saturated carbocycles. The molecule has 3 atom stereocenters. The average molecular weight is 426 g/mol. The molecular formula is C16H21F3N2O6S. The predicted molar refractivity (Wildman–Crippen MR) is 90.0 cm³/mol. The molecule has 1 aliphatic heterocycles. The Labute approximate surface area is 160 Å². The van der Waals surface area contributed by atoms with Crippen LogP contribution < -0.4 is 0 Å². The van der Waals surface area contributed by atoms with E-state index in [-0.39, 0.29) is 23.1 Å². The summed E-state index contributed by atoms with van der Waals surface area (Å²) in [6.45, 7) is 3.25. The molecule has 1 aromatic heterocycles. The van der Waals surface area contributed by atoms with Gasteiger partial charge in [-0.25, -0.2) is 13.2 Å². The Morgan fingerprint density at radius 3 is 2.64 bits per heavy atom. The summed E-state index contributed by atoms with van der Waals surface area (Å²) in [6, 6.07) is 3.07. The minimum absolute atomic E-state index is 0.00375. The van der Waals surface area contributed by atoms with Gasteiger partial charge in [-0.1, -0.05) is 0 Å². The van der Waals surface area contributed by atoms with Crippen molar-refractivity contribution in [2.75, 3.05) is 19.8 Å². The van der Waals surface area contributed by atoms with Crippen molar-refractivity contribution >= 4 is 16.0 Å². The zero-order valence-electron chi connectivity index (χ0n) is 15.0. The molecule has 2 bridgehead atoms. The van der Waals surface area contributed by atoms with Gasteiger partial charge in [-0.2, -0.15) is 17.5 Å².